The fraction of sp³-hybridized carbons (Fsp3) is 0.517. The van der Waals surface area contributed by atoms with Crippen molar-refractivity contribution in [1.82, 2.24) is 40.1 Å². The van der Waals surface area contributed by atoms with Crippen molar-refractivity contribution in [2.75, 3.05) is 40.5 Å². The predicted molar refractivity (Wildman–Crippen MR) is 293 cm³/mol. The lowest BCUT2D eigenvalue weighted by Gasteiger charge is -2.38. The summed E-state index contributed by atoms with van der Waals surface area (Å²) in [5, 5.41) is 5.52. The number of rotatable bonds is 9. The van der Waals surface area contributed by atoms with Gasteiger partial charge >= 0.3 is 5.97 Å². The number of nitrogens with one attached hydrogen (secondary N) is 2. The van der Waals surface area contributed by atoms with Crippen LogP contribution < -0.4 is 20.2 Å². The maximum atomic E-state index is 15.6. The number of methoxy groups -OCH3 is 1. The fourth-order valence-electron chi connectivity index (χ4n) is 11.8. The van der Waals surface area contributed by atoms with E-state index in [0.29, 0.717) is 55.1 Å². The monoisotopic (exact) mass is 1070 g/mol. The second kappa shape index (κ2) is 22.8. The van der Waals surface area contributed by atoms with Gasteiger partial charge in [-0.05, 0) is 118 Å². The van der Waals surface area contributed by atoms with E-state index in [1.807, 2.05) is 63.2 Å². The lowest BCUT2D eigenvalue weighted by molar-refractivity contribution is -0.151. The Labute approximate surface area is 456 Å². The minimum absolute atomic E-state index is 0.00942. The number of likely N-dealkylation sites (tertiary alicyclic amines) is 1. The molecule has 3 aromatic heterocycles. The third kappa shape index (κ3) is 11.7. The molecule has 8 bridgehead atoms. The summed E-state index contributed by atoms with van der Waals surface area (Å²) in [5.74, 6) is -2.73. The van der Waals surface area contributed by atoms with Crippen molar-refractivity contribution in [1.29, 1.82) is 0 Å². The highest BCUT2D eigenvalue weighted by atomic mass is 19.1. The summed E-state index contributed by atoms with van der Waals surface area (Å²) in [6.07, 6.45) is 6.75. The first-order chi connectivity index (χ1) is 37.1. The van der Waals surface area contributed by atoms with Crippen LogP contribution in [0.1, 0.15) is 110 Å². The first-order valence-electron chi connectivity index (χ1n) is 27.4. The van der Waals surface area contributed by atoms with Crippen molar-refractivity contribution in [3.8, 4) is 33.9 Å². The zero-order valence-electron chi connectivity index (χ0n) is 46.7. The van der Waals surface area contributed by atoms with Crippen LogP contribution in [0.2, 0.25) is 0 Å². The van der Waals surface area contributed by atoms with Crippen molar-refractivity contribution in [2.24, 2.45) is 17.3 Å². The molecule has 2 saturated heterocycles. The van der Waals surface area contributed by atoms with Gasteiger partial charge in [-0.2, -0.15) is 0 Å². The number of pyridine rings is 2. The molecule has 18 heteroatoms. The van der Waals surface area contributed by atoms with Gasteiger partial charge in [0.25, 0.3) is 11.8 Å². The number of fused-ring (bicyclic) bond motifs is 8. The zero-order valence-corrected chi connectivity index (χ0v) is 46.7. The third-order valence-corrected chi connectivity index (χ3v) is 15.8. The lowest BCUT2D eigenvalue weighted by Crippen LogP contribution is -2.61. The fourth-order valence-corrected chi connectivity index (χ4v) is 11.8. The number of carbonyl (C=O) groups excluding carboxylic acids is 5. The third-order valence-electron chi connectivity index (χ3n) is 15.8. The highest BCUT2D eigenvalue weighted by Gasteiger charge is 2.48. The van der Waals surface area contributed by atoms with Crippen molar-refractivity contribution in [3.05, 3.63) is 95.6 Å². The second-order valence-corrected chi connectivity index (χ2v) is 23.1. The molecular weight excluding hydrogens is 996 g/mol. The number of cyclic esters (lactones) is 1. The molecule has 6 atom stereocenters. The summed E-state index contributed by atoms with van der Waals surface area (Å²) in [7, 11) is 3.22. The minimum Gasteiger partial charge on any atom is -0.491 e. The number of hydrogen-bond donors (Lipinski definition) is 2. The van der Waals surface area contributed by atoms with E-state index in [1.54, 1.807) is 32.7 Å². The van der Waals surface area contributed by atoms with E-state index in [1.165, 1.54) is 28.7 Å². The number of hydrogen-bond acceptors (Lipinski definition) is 12. The number of aromatic nitrogens is 3. The van der Waals surface area contributed by atoms with Gasteiger partial charge in [0.2, 0.25) is 11.8 Å². The van der Waals surface area contributed by atoms with Crippen LogP contribution in [-0.2, 0) is 59.4 Å². The van der Waals surface area contributed by atoms with E-state index < -0.39 is 82.8 Å². The van der Waals surface area contributed by atoms with E-state index in [-0.39, 0.29) is 45.6 Å². The van der Waals surface area contributed by atoms with Gasteiger partial charge < -0.3 is 38.6 Å². The predicted octanol–water partition coefficient (Wildman–Crippen LogP) is 7.95. The van der Waals surface area contributed by atoms with Gasteiger partial charge in [-0.1, -0.05) is 45.9 Å². The molecule has 0 aliphatic carbocycles. The Morgan fingerprint density at radius 1 is 0.962 bits per heavy atom. The topological polar surface area (TPSA) is 187 Å². The molecule has 0 spiro atoms. The van der Waals surface area contributed by atoms with Gasteiger partial charge in [0.05, 0.1) is 48.7 Å². The minimum atomic E-state index is -2.22. The normalized spacial score (nSPS) is 22.8. The van der Waals surface area contributed by atoms with Crippen molar-refractivity contribution < 1.29 is 47.3 Å². The van der Waals surface area contributed by atoms with Gasteiger partial charge in [-0.15, -0.1) is 0 Å². The Bertz CT molecular complexity index is 3060. The molecule has 0 unspecified atom stereocenters. The Hall–Kier alpha value is -6.92. The highest BCUT2D eigenvalue weighted by molar-refractivity contribution is 5.96. The quantitative estimate of drug-likeness (QED) is 0.136. The van der Waals surface area contributed by atoms with Gasteiger partial charge in [0.15, 0.2) is 5.67 Å². The molecule has 7 heterocycles. The van der Waals surface area contributed by atoms with E-state index in [9.17, 15) is 24.0 Å². The molecule has 0 saturated carbocycles. The number of alkyl halides is 1. The molecule has 4 aliphatic heterocycles. The molecule has 416 valence electrons. The summed E-state index contributed by atoms with van der Waals surface area (Å²) in [6, 6.07) is 14.4. The molecule has 0 radical (unpaired) electrons. The molecule has 2 fully saturated rings. The molecule has 4 aliphatic rings. The van der Waals surface area contributed by atoms with E-state index in [0.717, 1.165) is 44.4 Å². The molecule has 78 heavy (non-hydrogen) atoms. The first-order valence-corrected chi connectivity index (χ1v) is 27.4. The van der Waals surface area contributed by atoms with E-state index in [2.05, 4.69) is 53.2 Å². The van der Waals surface area contributed by atoms with Crippen molar-refractivity contribution in [3.63, 3.8) is 0 Å². The number of nitrogens with zero attached hydrogens (tertiary/aromatic N) is 6. The number of amides is 4. The average molecular weight is 1070 g/mol. The van der Waals surface area contributed by atoms with Crippen LogP contribution in [0.4, 0.5) is 4.39 Å². The van der Waals surface area contributed by atoms with Crippen LogP contribution in [0.15, 0.2) is 73.2 Å². The maximum absolute atomic E-state index is 15.6. The number of benzene rings is 2. The largest absolute Gasteiger partial charge is 0.491 e. The molecular formula is C60H75FN8O9. The molecule has 4 amide bonds. The Kier molecular flexibility index (Phi) is 16.3. The van der Waals surface area contributed by atoms with Crippen LogP contribution in [0.3, 0.4) is 0 Å². The number of carbonyl (C=O) groups is 5. The average Bonchev–Trinajstić information content (AvgIpc) is 4.06. The Morgan fingerprint density at radius 2 is 1.76 bits per heavy atom. The van der Waals surface area contributed by atoms with Crippen LogP contribution >= 0.6 is 0 Å². The summed E-state index contributed by atoms with van der Waals surface area (Å²) in [4.78, 5) is 84.3. The SMILES string of the molecule is CCn1c(-c2cc(OCc3cccnc3)cnc2[C@H](C)OC)c2c3cc(ccc31)-c1cc3cc(c1)OC[C@@H]1[C@H](CCN1C(=O)C(C)(C)F)C(=O)N(C)[C@@H](C(C)C)C(=O)N[C@@H](C3)C(=O)N1CCC[C@@H](CC(=O)OCC(C)(C)C2)N1. The van der Waals surface area contributed by atoms with Crippen LogP contribution in [0, 0.1) is 17.3 Å². The number of halogens is 1. The molecule has 9 rings (SSSR count). The highest BCUT2D eigenvalue weighted by Crippen LogP contribution is 2.44. The van der Waals surface area contributed by atoms with Gasteiger partial charge in [-0.25, -0.2) is 9.82 Å². The van der Waals surface area contributed by atoms with Crippen LogP contribution in [-0.4, -0.2) is 129 Å². The zero-order chi connectivity index (χ0) is 55.8. The molecule has 17 nitrogen and oxygen atoms in total. The van der Waals surface area contributed by atoms with Gasteiger partial charge in [0, 0.05) is 86.1 Å². The van der Waals surface area contributed by atoms with Gasteiger partial charge in [0.1, 0.15) is 36.8 Å². The van der Waals surface area contributed by atoms with Crippen LogP contribution in [0.5, 0.6) is 11.5 Å². The number of likely N-dealkylation sites (N-methyl/N-ethyl adjacent to an activating group) is 1. The standard InChI is InChI=1S/C60H75FN8O9/c1-11-67-49-17-16-39-26-45(49)47(54(67)46-28-43(31-63-52(46)36(4)75-10)76-32-37-14-12-19-62-30-37)29-59(5,6)34-78-51(70)27-41-15-13-20-69(65-41)57(73)48-24-38-22-40(39)25-42(23-38)77-33-50-44(18-21-68(50)58(74)60(7,8)61)56(72)66(9)53(35(2)3)55(71)64-48/h12,14,16-17,19,22-23,25-26,28,30-31,35-36,41,44,48,50,53,65H,11,13,15,18,20-21,24,27,29,32-34H2,1-10H3,(H,64,71)/t36-,41-,44-,48-,50+,53-/m0/s1. The first kappa shape index (κ1) is 55.8. The molecule has 5 aromatic rings. The van der Waals surface area contributed by atoms with E-state index in [4.69, 9.17) is 23.9 Å². The van der Waals surface area contributed by atoms with E-state index >= 15 is 4.39 Å². The number of ether oxygens (including phenoxy) is 4. The number of hydrazine groups is 1. The molecule has 2 aromatic carbocycles. The number of esters is 1. The summed E-state index contributed by atoms with van der Waals surface area (Å²) in [5.41, 5.74) is 8.01. The Balaban J connectivity index is 1.24. The van der Waals surface area contributed by atoms with Gasteiger partial charge in [-0.3, -0.25) is 38.9 Å². The summed E-state index contributed by atoms with van der Waals surface area (Å²) < 4.78 is 43.1. The summed E-state index contributed by atoms with van der Waals surface area (Å²) in [6.45, 7) is 15.6. The Morgan fingerprint density at radius 3 is 2.47 bits per heavy atom. The van der Waals surface area contributed by atoms with Crippen molar-refractivity contribution in [2.45, 2.75) is 143 Å². The number of aryl methyl sites for hydroxylation is 1. The van der Waals surface area contributed by atoms with Crippen LogP contribution in [0.25, 0.3) is 33.3 Å². The van der Waals surface area contributed by atoms with Crippen molar-refractivity contribution >= 4 is 40.5 Å². The lowest BCUT2D eigenvalue weighted by atomic mass is 9.84. The molecule has 2 N–H and O–H groups in total. The smallest absolute Gasteiger partial charge is 0.307 e. The summed E-state index contributed by atoms with van der Waals surface area (Å²) >= 11 is 0. The maximum Gasteiger partial charge on any atom is 0.307 e. The second-order valence-electron chi connectivity index (χ2n) is 23.1.